The number of methoxy groups -OCH3 is 2. The van der Waals surface area contributed by atoms with Gasteiger partial charge in [0.15, 0.2) is 11.5 Å². The van der Waals surface area contributed by atoms with Crippen LogP contribution in [0.25, 0.3) is 11.6 Å². The summed E-state index contributed by atoms with van der Waals surface area (Å²) in [5.74, 6) is 2.53. The Morgan fingerprint density at radius 1 is 1.13 bits per heavy atom. The first-order valence-electron chi connectivity index (χ1n) is 6.99. The number of benzene rings is 2. The fourth-order valence-corrected chi connectivity index (χ4v) is 2.35. The van der Waals surface area contributed by atoms with Gasteiger partial charge in [-0.05, 0) is 53.6 Å². The summed E-state index contributed by atoms with van der Waals surface area (Å²) in [4.78, 5) is 0. The minimum Gasteiger partial charge on any atom is -0.497 e. The molecule has 0 unspecified atom stereocenters. The number of nitrogens with zero attached hydrogens (tertiary/aromatic N) is 1. The maximum absolute atomic E-state index is 9.45. The summed E-state index contributed by atoms with van der Waals surface area (Å²) in [6, 6.07) is 13.2. The molecule has 0 radical (unpaired) electrons. The van der Waals surface area contributed by atoms with Gasteiger partial charge in [-0.25, -0.2) is 0 Å². The highest BCUT2D eigenvalue weighted by molar-refractivity contribution is 5.90. The molecule has 0 amide bonds. The topological polar surface area (TPSA) is 60.7 Å². The molecule has 1 aliphatic rings. The SMILES string of the molecule is COc1ccc(C(C#N)=Cc2cc(OC)c3c(c2)OCO3)cc1. The average molecular weight is 309 g/mol. The van der Waals surface area contributed by atoms with Crippen molar-refractivity contribution in [2.75, 3.05) is 21.0 Å². The van der Waals surface area contributed by atoms with Crippen LogP contribution in [0.2, 0.25) is 0 Å². The number of nitriles is 1. The molecule has 3 rings (SSSR count). The molecule has 0 saturated heterocycles. The first kappa shape index (κ1) is 14.8. The van der Waals surface area contributed by atoms with Gasteiger partial charge in [-0.1, -0.05) is 0 Å². The summed E-state index contributed by atoms with van der Waals surface area (Å²) in [6.07, 6.45) is 1.78. The zero-order valence-electron chi connectivity index (χ0n) is 12.8. The molecule has 0 atom stereocenters. The molecule has 0 spiro atoms. The normalized spacial score (nSPS) is 12.7. The van der Waals surface area contributed by atoms with Gasteiger partial charge in [-0.2, -0.15) is 5.26 Å². The lowest BCUT2D eigenvalue weighted by Crippen LogP contribution is -1.93. The van der Waals surface area contributed by atoms with E-state index >= 15 is 0 Å². The molecule has 0 bridgehead atoms. The van der Waals surface area contributed by atoms with Gasteiger partial charge in [0.25, 0.3) is 0 Å². The quantitative estimate of drug-likeness (QED) is 0.639. The van der Waals surface area contributed by atoms with E-state index in [4.69, 9.17) is 18.9 Å². The Hall–Kier alpha value is -3.13. The lowest BCUT2D eigenvalue weighted by Gasteiger charge is -2.07. The van der Waals surface area contributed by atoms with Crippen LogP contribution in [0.5, 0.6) is 23.0 Å². The standard InChI is InChI=1S/C18H15NO4/c1-20-15-5-3-13(4-6-15)14(10-19)7-12-8-16(21-2)18-17(9-12)22-11-23-18/h3-9H,11H2,1-2H3. The van der Waals surface area contributed by atoms with Crippen molar-refractivity contribution in [1.82, 2.24) is 0 Å². The Morgan fingerprint density at radius 3 is 2.57 bits per heavy atom. The van der Waals surface area contributed by atoms with E-state index in [1.165, 1.54) is 0 Å². The molecule has 0 aliphatic carbocycles. The first-order chi connectivity index (χ1) is 11.2. The Balaban J connectivity index is 1.99. The number of fused-ring (bicyclic) bond motifs is 1. The molecule has 0 N–H and O–H groups in total. The number of rotatable bonds is 4. The second-order valence-corrected chi connectivity index (χ2v) is 4.86. The van der Waals surface area contributed by atoms with Crippen LogP contribution < -0.4 is 18.9 Å². The Bertz CT molecular complexity index is 788. The van der Waals surface area contributed by atoms with Crippen molar-refractivity contribution in [1.29, 1.82) is 5.26 Å². The molecule has 0 aromatic heterocycles. The Morgan fingerprint density at radius 2 is 1.91 bits per heavy atom. The molecule has 2 aromatic rings. The highest BCUT2D eigenvalue weighted by Gasteiger charge is 2.19. The lowest BCUT2D eigenvalue weighted by molar-refractivity contribution is 0.171. The van der Waals surface area contributed by atoms with Crippen LogP contribution in [-0.4, -0.2) is 21.0 Å². The van der Waals surface area contributed by atoms with Crippen molar-refractivity contribution in [3.63, 3.8) is 0 Å². The van der Waals surface area contributed by atoms with Gasteiger partial charge >= 0.3 is 0 Å². The monoisotopic (exact) mass is 309 g/mol. The molecule has 5 nitrogen and oxygen atoms in total. The molecule has 0 fully saturated rings. The van der Waals surface area contributed by atoms with Gasteiger partial charge < -0.3 is 18.9 Å². The van der Waals surface area contributed by atoms with E-state index in [-0.39, 0.29) is 6.79 Å². The van der Waals surface area contributed by atoms with E-state index in [1.54, 1.807) is 20.3 Å². The molecule has 23 heavy (non-hydrogen) atoms. The number of ether oxygens (including phenoxy) is 4. The van der Waals surface area contributed by atoms with Crippen molar-refractivity contribution in [3.05, 3.63) is 47.5 Å². The van der Waals surface area contributed by atoms with Gasteiger partial charge in [0.05, 0.1) is 25.9 Å². The van der Waals surface area contributed by atoms with Gasteiger partial charge in [0.1, 0.15) is 5.75 Å². The molecule has 116 valence electrons. The maximum Gasteiger partial charge on any atom is 0.231 e. The average Bonchev–Trinajstić information content (AvgIpc) is 3.07. The number of allylic oxidation sites excluding steroid dienone is 1. The van der Waals surface area contributed by atoms with Gasteiger partial charge in [0.2, 0.25) is 12.5 Å². The third-order valence-electron chi connectivity index (χ3n) is 3.51. The van der Waals surface area contributed by atoms with Crippen molar-refractivity contribution in [2.45, 2.75) is 0 Å². The summed E-state index contributed by atoms with van der Waals surface area (Å²) in [6.45, 7) is 0.169. The predicted molar refractivity (Wildman–Crippen MR) is 85.6 cm³/mol. The van der Waals surface area contributed by atoms with E-state index in [2.05, 4.69) is 6.07 Å². The molecule has 1 aliphatic heterocycles. The minimum absolute atomic E-state index is 0.169. The fraction of sp³-hybridized carbons (Fsp3) is 0.167. The smallest absolute Gasteiger partial charge is 0.231 e. The molecular formula is C18H15NO4. The Kier molecular flexibility index (Phi) is 4.07. The first-order valence-corrected chi connectivity index (χ1v) is 6.99. The third kappa shape index (κ3) is 2.92. The summed E-state index contributed by atoms with van der Waals surface area (Å²) < 4.78 is 21.2. The Labute approximate surface area is 134 Å². The zero-order chi connectivity index (χ0) is 16.2. The lowest BCUT2D eigenvalue weighted by atomic mass is 10.0. The van der Waals surface area contributed by atoms with E-state index < -0.39 is 0 Å². The highest BCUT2D eigenvalue weighted by Crippen LogP contribution is 2.42. The third-order valence-corrected chi connectivity index (χ3v) is 3.51. The van der Waals surface area contributed by atoms with Crippen LogP contribution in [0.3, 0.4) is 0 Å². The van der Waals surface area contributed by atoms with E-state index in [1.807, 2.05) is 36.4 Å². The summed E-state index contributed by atoms with van der Waals surface area (Å²) in [5.41, 5.74) is 2.15. The van der Waals surface area contributed by atoms with Crippen molar-refractivity contribution in [2.24, 2.45) is 0 Å². The van der Waals surface area contributed by atoms with Crippen LogP contribution in [-0.2, 0) is 0 Å². The molecule has 1 heterocycles. The van der Waals surface area contributed by atoms with Gasteiger partial charge in [-0.3, -0.25) is 0 Å². The number of hydrogen-bond acceptors (Lipinski definition) is 5. The summed E-state index contributed by atoms with van der Waals surface area (Å²) in [7, 11) is 3.18. The van der Waals surface area contributed by atoms with Crippen LogP contribution >= 0.6 is 0 Å². The van der Waals surface area contributed by atoms with Crippen LogP contribution in [0.4, 0.5) is 0 Å². The molecular weight excluding hydrogens is 294 g/mol. The van der Waals surface area contributed by atoms with Crippen LogP contribution in [0.1, 0.15) is 11.1 Å². The predicted octanol–water partition coefficient (Wildman–Crippen LogP) is 3.50. The molecule has 2 aromatic carbocycles. The number of hydrogen-bond donors (Lipinski definition) is 0. The maximum atomic E-state index is 9.45. The summed E-state index contributed by atoms with van der Waals surface area (Å²) in [5, 5.41) is 9.45. The van der Waals surface area contributed by atoms with E-state index in [9.17, 15) is 5.26 Å². The van der Waals surface area contributed by atoms with Crippen LogP contribution in [0.15, 0.2) is 36.4 Å². The van der Waals surface area contributed by atoms with Crippen molar-refractivity contribution >= 4 is 11.6 Å². The van der Waals surface area contributed by atoms with E-state index in [0.29, 0.717) is 22.8 Å². The van der Waals surface area contributed by atoms with Crippen molar-refractivity contribution < 1.29 is 18.9 Å². The second-order valence-electron chi connectivity index (χ2n) is 4.86. The minimum atomic E-state index is 0.169. The molecule has 0 saturated carbocycles. The largest absolute Gasteiger partial charge is 0.497 e. The van der Waals surface area contributed by atoms with E-state index in [0.717, 1.165) is 16.9 Å². The van der Waals surface area contributed by atoms with Crippen LogP contribution in [0, 0.1) is 11.3 Å². The molecule has 5 heteroatoms. The van der Waals surface area contributed by atoms with Gasteiger partial charge in [-0.15, -0.1) is 0 Å². The second kappa shape index (κ2) is 6.32. The van der Waals surface area contributed by atoms with Crippen molar-refractivity contribution in [3.8, 4) is 29.1 Å². The van der Waals surface area contributed by atoms with Gasteiger partial charge in [0, 0.05) is 0 Å². The zero-order valence-corrected chi connectivity index (χ0v) is 12.8. The fourth-order valence-electron chi connectivity index (χ4n) is 2.35. The highest BCUT2D eigenvalue weighted by atomic mass is 16.7. The summed E-state index contributed by atoms with van der Waals surface area (Å²) >= 11 is 0.